The van der Waals surface area contributed by atoms with Crippen LogP contribution in [0.5, 0.6) is 0 Å². The van der Waals surface area contributed by atoms with E-state index >= 15 is 0 Å². The van der Waals surface area contributed by atoms with Gasteiger partial charge < -0.3 is 10.2 Å². The lowest BCUT2D eigenvalue weighted by atomic mass is 9.85. The number of hydrogen-bond acceptors (Lipinski definition) is 6. The summed E-state index contributed by atoms with van der Waals surface area (Å²) in [5.41, 5.74) is 6.70. The van der Waals surface area contributed by atoms with Gasteiger partial charge in [0.05, 0.1) is 28.2 Å². The number of rotatable bonds is 6. The van der Waals surface area contributed by atoms with Gasteiger partial charge in [-0.05, 0) is 78.6 Å². The molecule has 0 aliphatic heterocycles. The van der Waals surface area contributed by atoms with Crippen molar-refractivity contribution in [2.75, 3.05) is 26.0 Å². The molecule has 188 valence electrons. The minimum Gasteiger partial charge on any atom is -0.380 e. The normalized spacial score (nSPS) is 17.5. The number of halogens is 3. The van der Waals surface area contributed by atoms with E-state index < -0.39 is 0 Å². The topological polar surface area (TPSA) is 86.8 Å². The van der Waals surface area contributed by atoms with Crippen LogP contribution in [-0.4, -0.2) is 57.5 Å². The molecule has 0 spiro atoms. The first kappa shape index (κ1) is 30.1. The van der Waals surface area contributed by atoms with Gasteiger partial charge in [-0.2, -0.15) is 5.10 Å². The van der Waals surface area contributed by atoms with Crippen LogP contribution in [0.3, 0.4) is 0 Å². The van der Waals surface area contributed by atoms with Gasteiger partial charge in [-0.1, -0.05) is 0 Å². The Balaban J connectivity index is 0.00000193. The highest BCUT2D eigenvalue weighted by atomic mass is 35.5. The van der Waals surface area contributed by atoms with Gasteiger partial charge in [0.2, 0.25) is 0 Å². The lowest BCUT2D eigenvalue weighted by Crippen LogP contribution is -2.31. The minimum atomic E-state index is 0. The van der Waals surface area contributed by atoms with Crippen LogP contribution in [0.2, 0.25) is 0 Å². The van der Waals surface area contributed by atoms with Crippen molar-refractivity contribution in [2.24, 2.45) is 5.92 Å². The van der Waals surface area contributed by atoms with E-state index in [1.54, 1.807) is 13.1 Å². The van der Waals surface area contributed by atoms with Crippen LogP contribution < -0.4 is 5.32 Å². The monoisotopic (exact) mass is 528 g/mol. The van der Waals surface area contributed by atoms with Crippen LogP contribution in [0.15, 0.2) is 18.3 Å². The number of Topliss-reactive ketones (excluding diaryl/α,β-unsaturated/α-hetero) is 1. The van der Waals surface area contributed by atoms with E-state index in [2.05, 4.69) is 39.5 Å². The Hall–Kier alpha value is -1.93. The van der Waals surface area contributed by atoms with Crippen LogP contribution >= 0.6 is 37.2 Å². The van der Waals surface area contributed by atoms with Crippen molar-refractivity contribution in [3.05, 3.63) is 35.3 Å². The molecule has 1 saturated carbocycles. The Bertz CT molecular complexity index is 1090. The summed E-state index contributed by atoms with van der Waals surface area (Å²) in [4.78, 5) is 24.2. The van der Waals surface area contributed by atoms with Crippen LogP contribution in [-0.2, 0) is 0 Å². The first-order valence-electron chi connectivity index (χ1n) is 11.1. The van der Waals surface area contributed by atoms with Crippen molar-refractivity contribution in [1.82, 2.24) is 25.1 Å². The fourth-order valence-electron chi connectivity index (χ4n) is 4.76. The molecule has 3 aromatic rings. The number of aryl methyl sites for hydroxylation is 2. The molecule has 0 radical (unpaired) electrons. The molecule has 34 heavy (non-hydrogen) atoms. The first-order chi connectivity index (χ1) is 14.8. The average Bonchev–Trinajstić information content (AvgIpc) is 3.07. The van der Waals surface area contributed by atoms with Crippen molar-refractivity contribution in [2.45, 2.75) is 52.5 Å². The molecule has 10 heteroatoms. The van der Waals surface area contributed by atoms with Crippen molar-refractivity contribution in [3.63, 3.8) is 0 Å². The van der Waals surface area contributed by atoms with E-state index in [9.17, 15) is 4.79 Å². The standard InChI is InChI=1S/C24H32N6O.3ClH/c1-14-22(15(2)29-28-14)20-10-11-21-24(27-20)23(19(12-25-21)16(3)31)26-18-8-6-17(7-9-18)13-30(4)5;;;/h10-12,17-18H,6-9,13H2,1-5H3,(H,25,26)(H,28,29);3*1H/t17-,18-;;;. The molecule has 0 bridgehead atoms. The number of pyridine rings is 2. The summed E-state index contributed by atoms with van der Waals surface area (Å²) in [7, 11) is 4.28. The van der Waals surface area contributed by atoms with Gasteiger partial charge in [-0.15, -0.1) is 37.2 Å². The zero-order valence-electron chi connectivity index (χ0n) is 20.3. The van der Waals surface area contributed by atoms with Crippen LogP contribution in [0.1, 0.15) is 54.4 Å². The Kier molecular flexibility index (Phi) is 11.2. The molecule has 2 N–H and O–H groups in total. The zero-order chi connectivity index (χ0) is 22.1. The Labute approximate surface area is 220 Å². The van der Waals surface area contributed by atoms with Gasteiger partial charge in [-0.3, -0.25) is 14.9 Å². The molecule has 1 fully saturated rings. The second-order valence-corrected chi connectivity index (χ2v) is 9.10. The SMILES string of the molecule is CC(=O)c1cnc2ccc(-c3c(C)n[nH]c3C)nc2c1N[C@H]1CC[C@H](CN(C)C)CC1.Cl.Cl.Cl. The van der Waals surface area contributed by atoms with Crippen molar-refractivity contribution in [1.29, 1.82) is 0 Å². The molecule has 7 nitrogen and oxygen atoms in total. The second-order valence-electron chi connectivity index (χ2n) is 9.10. The van der Waals surface area contributed by atoms with E-state index in [1.165, 1.54) is 12.8 Å². The third-order valence-corrected chi connectivity index (χ3v) is 6.29. The maximum Gasteiger partial charge on any atom is 0.163 e. The Morgan fingerprint density at radius 1 is 1.12 bits per heavy atom. The molecule has 0 aromatic carbocycles. The van der Waals surface area contributed by atoms with E-state index in [-0.39, 0.29) is 43.0 Å². The lowest BCUT2D eigenvalue weighted by molar-refractivity contribution is 0.101. The Morgan fingerprint density at radius 2 is 1.79 bits per heavy atom. The van der Waals surface area contributed by atoms with Crippen molar-refractivity contribution < 1.29 is 4.79 Å². The number of nitrogens with one attached hydrogen (secondary N) is 2. The van der Waals surface area contributed by atoms with Crippen LogP contribution in [0.4, 0.5) is 5.69 Å². The van der Waals surface area contributed by atoms with Gasteiger partial charge in [0.25, 0.3) is 0 Å². The summed E-state index contributed by atoms with van der Waals surface area (Å²) >= 11 is 0. The smallest absolute Gasteiger partial charge is 0.163 e. The lowest BCUT2D eigenvalue weighted by Gasteiger charge is -2.31. The number of nitrogens with zero attached hydrogens (tertiary/aromatic N) is 4. The summed E-state index contributed by atoms with van der Waals surface area (Å²) in [5, 5.41) is 11.0. The highest BCUT2D eigenvalue weighted by molar-refractivity contribution is 6.06. The number of carbonyl (C=O) groups is 1. The fourth-order valence-corrected chi connectivity index (χ4v) is 4.76. The fraction of sp³-hybridized carbons (Fsp3) is 0.500. The quantitative estimate of drug-likeness (QED) is 0.402. The van der Waals surface area contributed by atoms with Crippen molar-refractivity contribution in [3.8, 4) is 11.3 Å². The van der Waals surface area contributed by atoms with Gasteiger partial charge >= 0.3 is 0 Å². The highest BCUT2D eigenvalue weighted by Gasteiger charge is 2.24. The molecular formula is C24H35Cl3N6O. The van der Waals surface area contributed by atoms with E-state index in [0.717, 1.165) is 64.7 Å². The summed E-state index contributed by atoms with van der Waals surface area (Å²) < 4.78 is 0. The number of aromatic amines is 1. The molecule has 0 atom stereocenters. The number of carbonyl (C=O) groups excluding carboxylic acids is 1. The summed E-state index contributed by atoms with van der Waals surface area (Å²) in [6, 6.07) is 4.29. The molecule has 1 aliphatic rings. The van der Waals surface area contributed by atoms with Gasteiger partial charge in [0.15, 0.2) is 5.78 Å². The third-order valence-electron chi connectivity index (χ3n) is 6.29. The second kappa shape index (κ2) is 12.7. The highest BCUT2D eigenvalue weighted by Crippen LogP contribution is 2.33. The average molecular weight is 530 g/mol. The number of H-pyrrole nitrogens is 1. The number of aromatic nitrogens is 4. The number of fused-ring (bicyclic) bond motifs is 1. The largest absolute Gasteiger partial charge is 0.380 e. The molecular weight excluding hydrogens is 495 g/mol. The maximum atomic E-state index is 12.4. The third kappa shape index (κ3) is 6.39. The van der Waals surface area contributed by atoms with Gasteiger partial charge in [-0.25, -0.2) is 4.98 Å². The minimum absolute atomic E-state index is 0. The van der Waals surface area contributed by atoms with Gasteiger partial charge in [0.1, 0.15) is 5.52 Å². The maximum absolute atomic E-state index is 12.4. The van der Waals surface area contributed by atoms with Crippen molar-refractivity contribution >= 4 is 59.7 Å². The number of hydrogen-bond donors (Lipinski definition) is 2. The summed E-state index contributed by atoms with van der Waals surface area (Å²) in [5.74, 6) is 0.743. The summed E-state index contributed by atoms with van der Waals surface area (Å²) in [6.07, 6.45) is 6.26. The molecule has 3 heterocycles. The molecule has 0 amide bonds. The first-order valence-corrected chi connectivity index (χ1v) is 11.1. The predicted molar refractivity (Wildman–Crippen MR) is 146 cm³/mol. The van der Waals surface area contributed by atoms with Crippen LogP contribution in [0, 0.1) is 19.8 Å². The Morgan fingerprint density at radius 3 is 2.35 bits per heavy atom. The zero-order valence-corrected chi connectivity index (χ0v) is 22.8. The molecule has 1 aliphatic carbocycles. The number of ketones is 1. The van der Waals surface area contributed by atoms with E-state index in [1.807, 2.05) is 26.0 Å². The van der Waals surface area contributed by atoms with E-state index in [0.29, 0.717) is 11.6 Å². The van der Waals surface area contributed by atoms with Crippen LogP contribution in [0.25, 0.3) is 22.3 Å². The molecule has 0 saturated heterocycles. The molecule has 0 unspecified atom stereocenters. The molecule has 4 rings (SSSR count). The predicted octanol–water partition coefficient (Wildman–Crippen LogP) is 5.64. The van der Waals surface area contributed by atoms with Gasteiger partial charge in [0, 0.05) is 30.0 Å². The summed E-state index contributed by atoms with van der Waals surface area (Å²) in [6.45, 7) is 6.70. The van der Waals surface area contributed by atoms with E-state index in [4.69, 9.17) is 4.98 Å². The number of anilines is 1. The molecule has 3 aromatic heterocycles.